The van der Waals surface area contributed by atoms with Crippen LogP contribution in [0.5, 0.6) is 0 Å². The van der Waals surface area contributed by atoms with Gasteiger partial charge in [0.1, 0.15) is 4.90 Å². The fourth-order valence-corrected chi connectivity index (χ4v) is 2.36. The number of rotatable bonds is 3. The van der Waals surface area contributed by atoms with Crippen LogP contribution in [-0.4, -0.2) is 18.4 Å². The lowest BCUT2D eigenvalue weighted by atomic mass is 10.2. The standard InChI is InChI=1S/C12H8ClN3O2S/c1-2-9-4-3-5-10(6-9)16-19(17,18)11-7-14-12(13)15-8-11/h1,3-8,16H. The molecule has 0 amide bonds. The Morgan fingerprint density at radius 2 is 1.95 bits per heavy atom. The number of terminal acetylenes is 1. The minimum Gasteiger partial charge on any atom is -0.279 e. The molecule has 7 heteroatoms. The van der Waals surface area contributed by atoms with E-state index in [1.165, 1.54) is 0 Å². The molecular weight excluding hydrogens is 286 g/mol. The van der Waals surface area contributed by atoms with Gasteiger partial charge in [-0.3, -0.25) is 4.72 Å². The van der Waals surface area contributed by atoms with Crippen molar-refractivity contribution in [1.29, 1.82) is 0 Å². The van der Waals surface area contributed by atoms with Gasteiger partial charge in [0.25, 0.3) is 10.0 Å². The van der Waals surface area contributed by atoms with Crippen LogP contribution >= 0.6 is 11.6 Å². The predicted octanol–water partition coefficient (Wildman–Crippen LogP) is 1.91. The van der Waals surface area contributed by atoms with Gasteiger partial charge in [-0.05, 0) is 29.8 Å². The van der Waals surface area contributed by atoms with E-state index in [9.17, 15) is 8.42 Å². The number of hydrogen-bond donors (Lipinski definition) is 1. The molecule has 19 heavy (non-hydrogen) atoms. The summed E-state index contributed by atoms with van der Waals surface area (Å²) in [6, 6.07) is 6.50. The third-order valence-electron chi connectivity index (χ3n) is 2.19. The first kappa shape index (κ1) is 13.3. The van der Waals surface area contributed by atoms with Gasteiger partial charge in [0.05, 0.1) is 18.1 Å². The van der Waals surface area contributed by atoms with Crippen LogP contribution in [0.3, 0.4) is 0 Å². The van der Waals surface area contributed by atoms with Gasteiger partial charge in [-0.2, -0.15) is 0 Å². The second kappa shape index (κ2) is 5.26. The summed E-state index contributed by atoms with van der Waals surface area (Å²) in [6.07, 6.45) is 7.50. The summed E-state index contributed by atoms with van der Waals surface area (Å²) in [4.78, 5) is 7.17. The Kier molecular flexibility index (Phi) is 3.69. The Morgan fingerprint density at radius 1 is 1.26 bits per heavy atom. The minimum atomic E-state index is -3.76. The average molecular weight is 294 g/mol. The molecule has 0 aliphatic rings. The highest BCUT2D eigenvalue weighted by molar-refractivity contribution is 7.92. The van der Waals surface area contributed by atoms with Crippen molar-refractivity contribution >= 4 is 27.3 Å². The number of anilines is 1. The van der Waals surface area contributed by atoms with Gasteiger partial charge in [-0.25, -0.2) is 18.4 Å². The van der Waals surface area contributed by atoms with E-state index >= 15 is 0 Å². The molecule has 1 aromatic carbocycles. The molecule has 2 rings (SSSR count). The van der Waals surface area contributed by atoms with Crippen LogP contribution in [0.2, 0.25) is 5.28 Å². The molecule has 1 heterocycles. The molecular formula is C12H8ClN3O2S. The Labute approximate surface area is 115 Å². The van der Waals surface area contributed by atoms with E-state index in [-0.39, 0.29) is 10.2 Å². The lowest BCUT2D eigenvalue weighted by Gasteiger charge is -2.07. The Hall–Kier alpha value is -2.10. The van der Waals surface area contributed by atoms with Crippen molar-refractivity contribution in [2.24, 2.45) is 0 Å². The zero-order chi connectivity index (χ0) is 13.9. The first-order valence-corrected chi connectivity index (χ1v) is 6.94. The summed E-state index contributed by atoms with van der Waals surface area (Å²) < 4.78 is 26.4. The van der Waals surface area contributed by atoms with Crippen LogP contribution in [0, 0.1) is 12.3 Å². The summed E-state index contributed by atoms with van der Waals surface area (Å²) in [5, 5.41) is -0.0201. The second-order valence-corrected chi connectivity index (χ2v) is 5.54. The molecule has 0 atom stereocenters. The van der Waals surface area contributed by atoms with Crippen molar-refractivity contribution in [2.75, 3.05) is 4.72 Å². The molecule has 5 nitrogen and oxygen atoms in total. The summed E-state index contributed by atoms with van der Waals surface area (Å²) in [7, 11) is -3.76. The number of nitrogens with zero attached hydrogens (tertiary/aromatic N) is 2. The fourth-order valence-electron chi connectivity index (χ4n) is 1.33. The summed E-state index contributed by atoms with van der Waals surface area (Å²) in [5.41, 5.74) is 0.943. The highest BCUT2D eigenvalue weighted by Crippen LogP contribution is 2.16. The quantitative estimate of drug-likeness (QED) is 0.693. The molecule has 96 valence electrons. The van der Waals surface area contributed by atoms with Gasteiger partial charge in [-0.15, -0.1) is 6.42 Å². The monoisotopic (exact) mass is 293 g/mol. The van der Waals surface area contributed by atoms with E-state index in [4.69, 9.17) is 18.0 Å². The third-order valence-corrected chi connectivity index (χ3v) is 3.72. The Bertz CT molecular complexity index is 736. The van der Waals surface area contributed by atoms with Crippen LogP contribution in [0.1, 0.15) is 5.56 Å². The molecule has 0 unspecified atom stereocenters. The number of nitrogens with one attached hydrogen (secondary N) is 1. The maximum Gasteiger partial charge on any atom is 0.264 e. The van der Waals surface area contributed by atoms with Crippen LogP contribution in [-0.2, 0) is 10.0 Å². The van der Waals surface area contributed by atoms with Crippen molar-refractivity contribution in [3.63, 3.8) is 0 Å². The maximum absolute atomic E-state index is 12.0. The van der Waals surface area contributed by atoms with E-state index in [2.05, 4.69) is 20.6 Å². The molecule has 1 N–H and O–H groups in total. The van der Waals surface area contributed by atoms with E-state index in [1.807, 2.05) is 0 Å². The van der Waals surface area contributed by atoms with Crippen LogP contribution in [0.4, 0.5) is 5.69 Å². The SMILES string of the molecule is C#Cc1cccc(NS(=O)(=O)c2cnc(Cl)nc2)c1. The molecule has 0 aliphatic carbocycles. The minimum absolute atomic E-state index is 0.0201. The van der Waals surface area contributed by atoms with Crippen molar-refractivity contribution < 1.29 is 8.42 Å². The highest BCUT2D eigenvalue weighted by Gasteiger charge is 2.15. The fraction of sp³-hybridized carbons (Fsp3) is 0. The van der Waals surface area contributed by atoms with Gasteiger partial charge in [0.2, 0.25) is 5.28 Å². The van der Waals surface area contributed by atoms with E-state index < -0.39 is 10.0 Å². The van der Waals surface area contributed by atoms with E-state index in [0.29, 0.717) is 11.3 Å². The Balaban J connectivity index is 2.31. The highest BCUT2D eigenvalue weighted by atomic mass is 35.5. The smallest absolute Gasteiger partial charge is 0.264 e. The molecule has 0 spiro atoms. The second-order valence-electron chi connectivity index (χ2n) is 3.52. The van der Waals surface area contributed by atoms with Gasteiger partial charge in [0.15, 0.2) is 0 Å². The lowest BCUT2D eigenvalue weighted by molar-refractivity contribution is 0.600. The van der Waals surface area contributed by atoms with Gasteiger partial charge >= 0.3 is 0 Å². The first-order valence-electron chi connectivity index (χ1n) is 5.08. The molecule has 1 aromatic heterocycles. The van der Waals surface area contributed by atoms with Crippen LogP contribution in [0.25, 0.3) is 0 Å². The lowest BCUT2D eigenvalue weighted by Crippen LogP contribution is -2.13. The van der Waals surface area contributed by atoms with Gasteiger partial charge in [0, 0.05) is 5.56 Å². The van der Waals surface area contributed by atoms with Crippen molar-refractivity contribution in [2.45, 2.75) is 4.90 Å². The van der Waals surface area contributed by atoms with Crippen molar-refractivity contribution in [1.82, 2.24) is 9.97 Å². The Morgan fingerprint density at radius 3 is 2.58 bits per heavy atom. The largest absolute Gasteiger partial charge is 0.279 e. The molecule has 0 aliphatic heterocycles. The van der Waals surface area contributed by atoms with Gasteiger partial charge in [-0.1, -0.05) is 12.0 Å². The molecule has 2 aromatic rings. The average Bonchev–Trinajstić information content (AvgIpc) is 2.39. The molecule has 0 bridgehead atoms. The summed E-state index contributed by atoms with van der Waals surface area (Å²) in [6.45, 7) is 0. The molecule has 0 radical (unpaired) electrons. The first-order chi connectivity index (χ1) is 9.01. The topological polar surface area (TPSA) is 72.0 Å². The zero-order valence-electron chi connectivity index (χ0n) is 9.54. The van der Waals surface area contributed by atoms with Crippen molar-refractivity contribution in [3.8, 4) is 12.3 Å². The third kappa shape index (κ3) is 3.22. The van der Waals surface area contributed by atoms with Crippen molar-refractivity contribution in [3.05, 3.63) is 47.5 Å². The number of benzene rings is 1. The maximum atomic E-state index is 12.0. The van der Waals surface area contributed by atoms with E-state index in [0.717, 1.165) is 12.4 Å². The summed E-state index contributed by atoms with van der Waals surface area (Å²) in [5.74, 6) is 2.42. The molecule has 0 saturated heterocycles. The number of hydrogen-bond acceptors (Lipinski definition) is 4. The number of aromatic nitrogens is 2. The molecule has 0 fully saturated rings. The summed E-state index contributed by atoms with van der Waals surface area (Å²) >= 11 is 5.50. The van der Waals surface area contributed by atoms with Gasteiger partial charge < -0.3 is 0 Å². The zero-order valence-corrected chi connectivity index (χ0v) is 11.1. The number of sulfonamides is 1. The van der Waals surface area contributed by atoms with E-state index in [1.54, 1.807) is 24.3 Å². The van der Waals surface area contributed by atoms with Crippen LogP contribution < -0.4 is 4.72 Å². The normalized spacial score (nSPS) is 10.7. The number of halogens is 1. The molecule has 0 saturated carbocycles. The predicted molar refractivity (Wildman–Crippen MR) is 72.2 cm³/mol. The van der Waals surface area contributed by atoms with Crippen LogP contribution in [0.15, 0.2) is 41.6 Å².